The molecule has 1 rings (SSSR count). The van der Waals surface area contributed by atoms with E-state index in [1.165, 1.54) is 0 Å². The number of carbonyl (C=O) groups is 1. The van der Waals surface area contributed by atoms with Crippen molar-refractivity contribution in [2.24, 2.45) is 0 Å². The first-order valence-electron chi connectivity index (χ1n) is 3.74. The van der Waals surface area contributed by atoms with Gasteiger partial charge in [0.25, 0.3) is 0 Å². The average molecular weight is 204 g/mol. The number of rotatable bonds is 1. The molecule has 14 heavy (non-hydrogen) atoms. The van der Waals surface area contributed by atoms with Crippen LogP contribution in [0, 0.1) is 31.3 Å². The zero-order chi connectivity index (χ0) is 11.0. The van der Waals surface area contributed by atoms with Crippen molar-refractivity contribution in [1.29, 1.82) is 0 Å². The lowest BCUT2D eigenvalue weighted by Crippen LogP contribution is -2.10. The minimum Gasteiger partial charge on any atom is -0.478 e. The first-order chi connectivity index (χ1) is 6.37. The molecule has 0 aliphatic rings. The summed E-state index contributed by atoms with van der Waals surface area (Å²) >= 11 is 0. The average Bonchev–Trinajstić information content (AvgIpc) is 2.11. The Hall–Kier alpha value is -1.52. The minimum atomic E-state index is -1.68. The fourth-order valence-electron chi connectivity index (χ4n) is 1.18. The molecule has 0 radical (unpaired) electrons. The lowest BCUT2D eigenvalue weighted by molar-refractivity contribution is 0.0689. The van der Waals surface area contributed by atoms with Crippen molar-refractivity contribution in [3.63, 3.8) is 0 Å². The predicted octanol–water partition coefficient (Wildman–Crippen LogP) is 2.42. The molecule has 0 saturated heterocycles. The third-order valence-corrected chi connectivity index (χ3v) is 1.99. The van der Waals surface area contributed by atoms with Gasteiger partial charge >= 0.3 is 5.97 Å². The molecule has 2 nitrogen and oxygen atoms in total. The number of carboxylic acids is 1. The summed E-state index contributed by atoms with van der Waals surface area (Å²) in [4.78, 5) is 10.5. The first-order valence-corrected chi connectivity index (χ1v) is 3.74. The second-order valence-corrected chi connectivity index (χ2v) is 2.87. The third-order valence-electron chi connectivity index (χ3n) is 1.99. The monoisotopic (exact) mass is 204 g/mol. The van der Waals surface area contributed by atoms with Crippen molar-refractivity contribution < 1.29 is 23.1 Å². The van der Waals surface area contributed by atoms with Crippen LogP contribution in [0.4, 0.5) is 13.2 Å². The summed E-state index contributed by atoms with van der Waals surface area (Å²) in [5.41, 5.74) is -1.86. The maximum atomic E-state index is 13.1. The van der Waals surface area contributed by atoms with E-state index in [4.69, 9.17) is 5.11 Å². The van der Waals surface area contributed by atoms with Crippen LogP contribution in [-0.2, 0) is 0 Å². The van der Waals surface area contributed by atoms with Gasteiger partial charge in [0.2, 0.25) is 0 Å². The standard InChI is InChI=1S/C9H7F3O2/c1-3-5(9(13)14)8(12)7(11)4(2)6(3)10/h1-2H3,(H,13,14). The molecule has 0 amide bonds. The van der Waals surface area contributed by atoms with Gasteiger partial charge in [-0.05, 0) is 13.8 Å². The number of aromatic carboxylic acids is 1. The summed E-state index contributed by atoms with van der Waals surface area (Å²) in [6.07, 6.45) is 0. The summed E-state index contributed by atoms with van der Waals surface area (Å²) < 4.78 is 39.1. The van der Waals surface area contributed by atoms with Crippen LogP contribution in [0.15, 0.2) is 0 Å². The number of benzene rings is 1. The van der Waals surface area contributed by atoms with Crippen molar-refractivity contribution in [1.82, 2.24) is 0 Å². The molecule has 0 fully saturated rings. The van der Waals surface area contributed by atoms with E-state index in [2.05, 4.69) is 0 Å². The molecule has 1 N–H and O–H groups in total. The fraction of sp³-hybridized carbons (Fsp3) is 0.222. The Morgan fingerprint density at radius 1 is 1.00 bits per heavy atom. The SMILES string of the molecule is Cc1c(F)c(C)c(C(=O)O)c(F)c1F. The lowest BCUT2D eigenvalue weighted by atomic mass is 10.0. The van der Waals surface area contributed by atoms with Crippen LogP contribution in [0.2, 0.25) is 0 Å². The number of hydrogen-bond donors (Lipinski definition) is 1. The quantitative estimate of drug-likeness (QED) is 0.713. The van der Waals surface area contributed by atoms with E-state index in [1.54, 1.807) is 0 Å². The summed E-state index contributed by atoms with van der Waals surface area (Å²) in [5.74, 6) is -5.68. The molecule has 76 valence electrons. The number of carboxylic acid groups (broad SMARTS) is 1. The molecule has 0 bridgehead atoms. The highest BCUT2D eigenvalue weighted by molar-refractivity contribution is 5.89. The summed E-state index contributed by atoms with van der Waals surface area (Å²) in [7, 11) is 0. The van der Waals surface area contributed by atoms with Crippen molar-refractivity contribution in [2.45, 2.75) is 13.8 Å². The van der Waals surface area contributed by atoms with Gasteiger partial charge in [0.1, 0.15) is 11.4 Å². The van der Waals surface area contributed by atoms with E-state index in [0.29, 0.717) is 0 Å². The highest BCUT2D eigenvalue weighted by atomic mass is 19.2. The maximum absolute atomic E-state index is 13.1. The number of hydrogen-bond acceptors (Lipinski definition) is 1. The van der Waals surface area contributed by atoms with E-state index in [9.17, 15) is 18.0 Å². The van der Waals surface area contributed by atoms with Crippen LogP contribution in [0.5, 0.6) is 0 Å². The smallest absolute Gasteiger partial charge is 0.339 e. The largest absolute Gasteiger partial charge is 0.478 e. The van der Waals surface area contributed by atoms with Gasteiger partial charge < -0.3 is 5.11 Å². The zero-order valence-electron chi connectivity index (χ0n) is 7.49. The zero-order valence-corrected chi connectivity index (χ0v) is 7.49. The Balaban J connectivity index is 3.68. The van der Waals surface area contributed by atoms with Crippen LogP contribution in [-0.4, -0.2) is 11.1 Å². The van der Waals surface area contributed by atoms with Gasteiger partial charge in [-0.15, -0.1) is 0 Å². The van der Waals surface area contributed by atoms with Crippen LogP contribution in [0.25, 0.3) is 0 Å². The van der Waals surface area contributed by atoms with Crippen LogP contribution >= 0.6 is 0 Å². The maximum Gasteiger partial charge on any atom is 0.339 e. The van der Waals surface area contributed by atoms with Gasteiger partial charge in [0.15, 0.2) is 11.6 Å². The second kappa shape index (κ2) is 3.32. The molecule has 0 spiro atoms. The summed E-state index contributed by atoms with van der Waals surface area (Å²) in [5, 5.41) is 8.51. The molecule has 1 aromatic rings. The van der Waals surface area contributed by atoms with E-state index < -0.39 is 40.1 Å². The lowest BCUT2D eigenvalue weighted by Gasteiger charge is -2.08. The summed E-state index contributed by atoms with van der Waals surface area (Å²) in [6.45, 7) is 2.14. The Morgan fingerprint density at radius 3 is 1.93 bits per heavy atom. The molecule has 0 saturated carbocycles. The second-order valence-electron chi connectivity index (χ2n) is 2.87. The normalized spacial score (nSPS) is 10.4. The molecule has 0 aliphatic heterocycles. The Kier molecular flexibility index (Phi) is 2.51. The highest BCUT2D eigenvalue weighted by Gasteiger charge is 2.24. The molecule has 0 aromatic heterocycles. The van der Waals surface area contributed by atoms with Crippen molar-refractivity contribution in [3.8, 4) is 0 Å². The van der Waals surface area contributed by atoms with Crippen LogP contribution in [0.1, 0.15) is 21.5 Å². The van der Waals surface area contributed by atoms with Crippen molar-refractivity contribution in [3.05, 3.63) is 34.1 Å². The van der Waals surface area contributed by atoms with Gasteiger partial charge in [0, 0.05) is 11.1 Å². The Labute approximate surface area is 78.0 Å². The van der Waals surface area contributed by atoms with E-state index in [-0.39, 0.29) is 0 Å². The Morgan fingerprint density at radius 2 is 1.50 bits per heavy atom. The van der Waals surface area contributed by atoms with Gasteiger partial charge in [-0.3, -0.25) is 0 Å². The summed E-state index contributed by atoms with van der Waals surface area (Å²) in [6, 6.07) is 0. The predicted molar refractivity (Wildman–Crippen MR) is 42.7 cm³/mol. The van der Waals surface area contributed by atoms with E-state index >= 15 is 0 Å². The minimum absolute atomic E-state index is 0.395. The van der Waals surface area contributed by atoms with E-state index in [1.807, 2.05) is 0 Å². The first kappa shape index (κ1) is 10.6. The molecule has 0 atom stereocenters. The van der Waals surface area contributed by atoms with E-state index in [0.717, 1.165) is 13.8 Å². The molecular formula is C9H7F3O2. The molecule has 1 aromatic carbocycles. The third kappa shape index (κ3) is 1.34. The topological polar surface area (TPSA) is 37.3 Å². The van der Waals surface area contributed by atoms with Gasteiger partial charge in [-0.25, -0.2) is 18.0 Å². The van der Waals surface area contributed by atoms with Crippen LogP contribution in [0.3, 0.4) is 0 Å². The van der Waals surface area contributed by atoms with Crippen molar-refractivity contribution >= 4 is 5.97 Å². The molecule has 5 heteroatoms. The molecule has 0 aliphatic carbocycles. The van der Waals surface area contributed by atoms with Crippen LogP contribution < -0.4 is 0 Å². The van der Waals surface area contributed by atoms with Gasteiger partial charge in [-0.1, -0.05) is 0 Å². The fourth-order valence-corrected chi connectivity index (χ4v) is 1.18. The van der Waals surface area contributed by atoms with Crippen molar-refractivity contribution in [2.75, 3.05) is 0 Å². The van der Waals surface area contributed by atoms with Gasteiger partial charge in [0.05, 0.1) is 0 Å². The number of halogens is 3. The molecule has 0 heterocycles. The highest BCUT2D eigenvalue weighted by Crippen LogP contribution is 2.23. The Bertz CT molecular complexity index is 384. The molecular weight excluding hydrogens is 197 g/mol. The molecule has 0 unspecified atom stereocenters. The van der Waals surface area contributed by atoms with Gasteiger partial charge in [-0.2, -0.15) is 0 Å².